The van der Waals surface area contributed by atoms with Gasteiger partial charge in [-0.1, -0.05) is 48.9 Å². The number of hydrogen-bond acceptors (Lipinski definition) is 3. The Balaban J connectivity index is 1.73. The Hall–Kier alpha value is -2.30. The molecule has 0 spiro atoms. The lowest BCUT2D eigenvalue weighted by Crippen LogP contribution is -2.59. The molecule has 1 aromatic rings. The van der Waals surface area contributed by atoms with Gasteiger partial charge in [0.25, 0.3) is 0 Å². The molecular weight excluding hydrogens is 294 g/mol. The molecule has 2 aliphatic heterocycles. The predicted molar refractivity (Wildman–Crippen MR) is 84.7 cm³/mol. The molecule has 1 fully saturated rings. The van der Waals surface area contributed by atoms with Crippen LogP contribution < -0.4 is 0 Å². The van der Waals surface area contributed by atoms with Crippen LogP contribution in [0.5, 0.6) is 0 Å². The molecule has 1 N–H and O–H groups in total. The second-order valence-electron chi connectivity index (χ2n) is 6.42. The fourth-order valence-corrected chi connectivity index (χ4v) is 3.77. The van der Waals surface area contributed by atoms with Gasteiger partial charge in [-0.25, -0.2) is 4.79 Å². The van der Waals surface area contributed by atoms with E-state index in [9.17, 15) is 14.7 Å². The molecule has 1 aliphatic carbocycles. The molecule has 2 bridgehead atoms. The number of carbonyl (C=O) groups is 2. The van der Waals surface area contributed by atoms with Crippen molar-refractivity contribution in [2.75, 3.05) is 6.54 Å². The number of ether oxygens (including phenoxy) is 1. The third kappa shape index (κ3) is 2.83. The number of fused-ring (bicyclic) bond motifs is 2. The van der Waals surface area contributed by atoms with E-state index < -0.39 is 24.0 Å². The van der Waals surface area contributed by atoms with Crippen LogP contribution >= 0.6 is 0 Å². The van der Waals surface area contributed by atoms with E-state index in [-0.39, 0.29) is 18.4 Å². The zero-order valence-corrected chi connectivity index (χ0v) is 13.3. The normalized spacial score (nSPS) is 29.1. The van der Waals surface area contributed by atoms with E-state index in [0.29, 0.717) is 6.54 Å². The van der Waals surface area contributed by atoms with Crippen molar-refractivity contribution < 1.29 is 19.4 Å². The zero-order chi connectivity index (χ0) is 16.6. The SMILES string of the molecule is CC1=C[C@@H]2[C@@H](C(=O)O)[C@H](C)[C@H]1CN2C(=O)OCc1ccccc1. The molecule has 5 heteroatoms. The molecule has 5 nitrogen and oxygen atoms in total. The summed E-state index contributed by atoms with van der Waals surface area (Å²) in [5.41, 5.74) is 2.09. The Labute approximate surface area is 135 Å². The first-order valence-electron chi connectivity index (χ1n) is 7.87. The van der Waals surface area contributed by atoms with Crippen molar-refractivity contribution in [2.24, 2.45) is 17.8 Å². The van der Waals surface area contributed by atoms with Crippen molar-refractivity contribution in [2.45, 2.75) is 26.5 Å². The third-order valence-corrected chi connectivity index (χ3v) is 5.07. The minimum absolute atomic E-state index is 0.0284. The maximum absolute atomic E-state index is 12.4. The van der Waals surface area contributed by atoms with E-state index in [1.807, 2.05) is 50.3 Å². The molecular formula is C18H21NO4. The van der Waals surface area contributed by atoms with Crippen LogP contribution in [0.4, 0.5) is 4.79 Å². The number of hydrogen-bond donors (Lipinski definition) is 1. The highest BCUT2D eigenvalue weighted by atomic mass is 16.6. The summed E-state index contributed by atoms with van der Waals surface area (Å²) < 4.78 is 5.38. The topological polar surface area (TPSA) is 66.8 Å². The average Bonchev–Trinajstić information content (AvgIpc) is 2.53. The lowest BCUT2D eigenvalue weighted by atomic mass is 9.67. The third-order valence-electron chi connectivity index (χ3n) is 5.07. The highest BCUT2D eigenvalue weighted by Crippen LogP contribution is 2.43. The number of aliphatic carboxylic acids is 1. The molecule has 1 saturated heterocycles. The van der Waals surface area contributed by atoms with Crippen molar-refractivity contribution >= 4 is 12.1 Å². The van der Waals surface area contributed by atoms with Gasteiger partial charge in [0.1, 0.15) is 6.61 Å². The Morgan fingerprint density at radius 3 is 2.65 bits per heavy atom. The van der Waals surface area contributed by atoms with Gasteiger partial charge < -0.3 is 14.7 Å². The number of nitrogens with zero attached hydrogens (tertiary/aromatic N) is 1. The van der Waals surface area contributed by atoms with Gasteiger partial charge in [0, 0.05) is 12.5 Å². The molecule has 4 atom stereocenters. The minimum atomic E-state index is -0.850. The van der Waals surface area contributed by atoms with Crippen LogP contribution in [0.25, 0.3) is 0 Å². The summed E-state index contributed by atoms with van der Waals surface area (Å²) in [6.07, 6.45) is 1.47. The molecule has 0 aromatic heterocycles. The quantitative estimate of drug-likeness (QED) is 0.871. The Morgan fingerprint density at radius 2 is 2.00 bits per heavy atom. The van der Waals surface area contributed by atoms with Crippen molar-refractivity contribution in [3.05, 3.63) is 47.5 Å². The number of rotatable bonds is 3. The fraction of sp³-hybridized carbons (Fsp3) is 0.444. The number of amides is 1. The summed E-state index contributed by atoms with van der Waals surface area (Å²) >= 11 is 0. The van der Waals surface area contributed by atoms with E-state index in [0.717, 1.165) is 5.56 Å². The van der Waals surface area contributed by atoms with Gasteiger partial charge in [0.05, 0.1) is 12.0 Å². The summed E-state index contributed by atoms with van der Waals surface area (Å²) in [6, 6.07) is 9.04. The van der Waals surface area contributed by atoms with E-state index in [1.165, 1.54) is 5.57 Å². The number of carboxylic acids is 1. The first kappa shape index (κ1) is 15.6. The van der Waals surface area contributed by atoms with Gasteiger partial charge in [0.2, 0.25) is 0 Å². The smallest absolute Gasteiger partial charge is 0.410 e. The molecule has 122 valence electrons. The Bertz CT molecular complexity index is 640. The maximum atomic E-state index is 12.4. The molecule has 4 rings (SSSR count). The van der Waals surface area contributed by atoms with Crippen LogP contribution in [0.3, 0.4) is 0 Å². The van der Waals surface area contributed by atoms with E-state index in [2.05, 4.69) is 0 Å². The molecule has 1 amide bonds. The average molecular weight is 315 g/mol. The number of carbonyl (C=O) groups excluding carboxylic acids is 1. The van der Waals surface area contributed by atoms with E-state index in [1.54, 1.807) is 4.90 Å². The molecule has 2 heterocycles. The molecule has 0 unspecified atom stereocenters. The fourth-order valence-electron chi connectivity index (χ4n) is 3.77. The summed E-state index contributed by atoms with van der Waals surface area (Å²) in [5.74, 6) is -1.30. The van der Waals surface area contributed by atoms with Crippen molar-refractivity contribution in [3.63, 3.8) is 0 Å². The van der Waals surface area contributed by atoms with Gasteiger partial charge in [-0.3, -0.25) is 4.79 Å². The Morgan fingerprint density at radius 1 is 1.30 bits per heavy atom. The summed E-state index contributed by atoms with van der Waals surface area (Å²) in [4.78, 5) is 25.6. The first-order chi connectivity index (χ1) is 11.0. The number of piperidine rings is 1. The van der Waals surface area contributed by atoms with Crippen LogP contribution in [0.2, 0.25) is 0 Å². The van der Waals surface area contributed by atoms with Gasteiger partial charge >= 0.3 is 12.1 Å². The maximum Gasteiger partial charge on any atom is 0.410 e. The molecule has 3 aliphatic rings. The monoisotopic (exact) mass is 315 g/mol. The predicted octanol–water partition coefficient (Wildman–Crippen LogP) is 2.92. The lowest BCUT2D eigenvalue weighted by molar-refractivity contribution is -0.149. The second kappa shape index (κ2) is 6.07. The van der Waals surface area contributed by atoms with Crippen LogP contribution in [0.1, 0.15) is 19.4 Å². The van der Waals surface area contributed by atoms with Crippen molar-refractivity contribution in [1.82, 2.24) is 4.90 Å². The van der Waals surface area contributed by atoms with Gasteiger partial charge in [0.15, 0.2) is 0 Å². The van der Waals surface area contributed by atoms with E-state index in [4.69, 9.17) is 4.74 Å². The molecule has 0 radical (unpaired) electrons. The van der Waals surface area contributed by atoms with Crippen molar-refractivity contribution in [1.29, 1.82) is 0 Å². The largest absolute Gasteiger partial charge is 0.481 e. The van der Waals surface area contributed by atoms with Crippen LogP contribution in [0.15, 0.2) is 42.0 Å². The minimum Gasteiger partial charge on any atom is -0.481 e. The van der Waals surface area contributed by atoms with E-state index >= 15 is 0 Å². The summed E-state index contributed by atoms with van der Waals surface area (Å²) in [7, 11) is 0. The first-order valence-corrected chi connectivity index (χ1v) is 7.87. The number of carboxylic acid groups (broad SMARTS) is 1. The highest BCUT2D eigenvalue weighted by molar-refractivity contribution is 5.76. The molecule has 23 heavy (non-hydrogen) atoms. The zero-order valence-electron chi connectivity index (χ0n) is 13.3. The molecule has 0 saturated carbocycles. The summed E-state index contributed by atoms with van der Waals surface area (Å²) in [6.45, 7) is 4.70. The van der Waals surface area contributed by atoms with Gasteiger partial charge in [-0.15, -0.1) is 0 Å². The highest BCUT2D eigenvalue weighted by Gasteiger charge is 2.50. The lowest BCUT2D eigenvalue weighted by Gasteiger charge is -2.49. The Kier molecular flexibility index (Phi) is 4.11. The van der Waals surface area contributed by atoms with Crippen LogP contribution in [-0.2, 0) is 16.1 Å². The number of benzene rings is 1. The van der Waals surface area contributed by atoms with Crippen molar-refractivity contribution in [3.8, 4) is 0 Å². The van der Waals surface area contributed by atoms with Crippen LogP contribution in [0, 0.1) is 17.8 Å². The second-order valence-corrected chi connectivity index (χ2v) is 6.42. The van der Waals surface area contributed by atoms with Gasteiger partial charge in [-0.05, 0) is 18.4 Å². The molecule has 1 aromatic carbocycles. The van der Waals surface area contributed by atoms with Crippen LogP contribution in [-0.4, -0.2) is 34.7 Å². The van der Waals surface area contributed by atoms with Gasteiger partial charge in [-0.2, -0.15) is 0 Å². The summed E-state index contributed by atoms with van der Waals surface area (Å²) in [5, 5.41) is 9.52. The standard InChI is InChI=1S/C18H21NO4/c1-11-8-15-16(17(20)21)12(2)14(11)9-19(15)18(22)23-10-13-6-4-3-5-7-13/h3-8,12,14-16H,9-10H2,1-2H3,(H,20,21)/t12-,14+,15-,16+/m1/s1.